The number of amides is 2. The number of nitro benzene ring substituents is 4. The van der Waals surface area contributed by atoms with E-state index in [0.717, 1.165) is 24.3 Å². The fourth-order valence-corrected chi connectivity index (χ4v) is 9.97. The van der Waals surface area contributed by atoms with Crippen LogP contribution in [0.1, 0.15) is 53.5 Å². The predicted molar refractivity (Wildman–Crippen MR) is 286 cm³/mol. The number of hydrogen-bond acceptors (Lipinski definition) is 20. The van der Waals surface area contributed by atoms with Gasteiger partial charge in [0.2, 0.25) is 0 Å². The van der Waals surface area contributed by atoms with Gasteiger partial charge in [0.15, 0.2) is 9.84 Å². The fraction of sp³-hybridized carbons (Fsp3) is 0.192. The maximum Gasteiger partial charge on any atom is 0.277 e. The summed E-state index contributed by atoms with van der Waals surface area (Å²) in [5, 5.41) is 48.5. The van der Waals surface area contributed by atoms with Gasteiger partial charge in [-0.1, -0.05) is 24.3 Å². The van der Waals surface area contributed by atoms with Crippen molar-refractivity contribution in [3.8, 4) is 46.0 Å². The molecular weight excluding hydrogens is 1060 g/mol. The zero-order valence-corrected chi connectivity index (χ0v) is 43.9. The van der Waals surface area contributed by atoms with Gasteiger partial charge in [-0.2, -0.15) is 0 Å². The number of nitrogens with one attached hydrogen (secondary N) is 2. The van der Waals surface area contributed by atoms with Crippen molar-refractivity contribution in [1.82, 2.24) is 0 Å². The first-order valence-electron chi connectivity index (χ1n) is 22.7. The molecule has 0 saturated carbocycles. The average molecular weight is 1110 g/mol. The highest BCUT2D eigenvalue weighted by atomic mass is 32.2. The molecule has 2 unspecified atom stereocenters. The summed E-state index contributed by atoms with van der Waals surface area (Å²) in [6.45, 7) is 0. The summed E-state index contributed by atoms with van der Waals surface area (Å²) in [6, 6.07) is 18.5. The van der Waals surface area contributed by atoms with Crippen LogP contribution in [0.25, 0.3) is 12.2 Å². The monoisotopic (exact) mass is 1110 g/mol. The van der Waals surface area contributed by atoms with Crippen molar-refractivity contribution < 1.29 is 75.6 Å². The number of benzene rings is 6. The SMILES string of the molecule is COc1cc(OC)c(/C=C/C(c2ccc(OC)c(NC(=O)c3cc([N+](=O)[O-])cc([N+](=O)[O-])c3)c2)S(=O)(=O)C(/C=C/c2c(OC)cc(OC)cc2OC)c2ccc(OC)c(NC(=O)c3cc([N+](=O)[O-])cc([N+](=O)[O-])c3)c2)c(OC)c1. The Hall–Kier alpha value is -10.3. The van der Waals surface area contributed by atoms with Gasteiger partial charge in [-0.05, 0) is 47.5 Å². The Balaban J connectivity index is 1.63. The number of sulfone groups is 1. The molecule has 2 atom stereocenters. The minimum absolute atomic E-state index is 0.0459. The molecular formula is C52H48N6O20S. The van der Waals surface area contributed by atoms with Crippen LogP contribution in [0.15, 0.2) is 109 Å². The second-order valence-electron chi connectivity index (χ2n) is 16.4. The fourth-order valence-electron chi connectivity index (χ4n) is 8.00. The first-order chi connectivity index (χ1) is 37.6. The lowest BCUT2D eigenvalue weighted by Crippen LogP contribution is -2.20. The number of anilines is 2. The summed E-state index contributed by atoms with van der Waals surface area (Å²) in [5.41, 5.74) is -4.10. The Morgan fingerprint density at radius 1 is 0.430 bits per heavy atom. The number of methoxy groups -OCH3 is 8. The van der Waals surface area contributed by atoms with Crippen molar-refractivity contribution >= 4 is 67.9 Å². The van der Waals surface area contributed by atoms with E-state index in [-0.39, 0.29) is 68.1 Å². The molecule has 0 aromatic heterocycles. The molecule has 0 bridgehead atoms. The molecule has 27 heteroatoms. The number of nitrogens with zero attached hydrogens (tertiary/aromatic N) is 4. The number of carbonyl (C=O) groups excluding carboxylic acids is 2. The van der Waals surface area contributed by atoms with E-state index < -0.39 is 85.7 Å². The van der Waals surface area contributed by atoms with Gasteiger partial charge in [-0.25, -0.2) is 8.42 Å². The minimum atomic E-state index is -4.90. The predicted octanol–water partition coefficient (Wildman–Crippen LogP) is 9.52. The van der Waals surface area contributed by atoms with Crippen LogP contribution in [0.3, 0.4) is 0 Å². The van der Waals surface area contributed by atoms with E-state index in [9.17, 15) is 50.0 Å². The Bertz CT molecular complexity index is 3230. The maximum atomic E-state index is 16.2. The Kier molecular flexibility index (Phi) is 18.4. The van der Waals surface area contributed by atoms with Crippen LogP contribution in [-0.4, -0.2) is 96.8 Å². The topological polar surface area (TPSA) is 339 Å². The first-order valence-corrected chi connectivity index (χ1v) is 24.3. The summed E-state index contributed by atoms with van der Waals surface area (Å²) >= 11 is 0. The largest absolute Gasteiger partial charge is 0.496 e. The second kappa shape index (κ2) is 25.0. The lowest BCUT2D eigenvalue weighted by Gasteiger charge is -2.24. The molecule has 412 valence electrons. The molecule has 2 amide bonds. The van der Waals surface area contributed by atoms with Gasteiger partial charge < -0.3 is 48.5 Å². The van der Waals surface area contributed by atoms with Crippen LogP contribution in [0.4, 0.5) is 34.1 Å². The van der Waals surface area contributed by atoms with E-state index in [2.05, 4.69) is 10.6 Å². The molecule has 0 fully saturated rings. The highest BCUT2D eigenvalue weighted by Crippen LogP contribution is 2.44. The van der Waals surface area contributed by atoms with E-state index in [0.29, 0.717) is 23.6 Å². The molecule has 0 aliphatic rings. The molecule has 6 aromatic rings. The van der Waals surface area contributed by atoms with Gasteiger partial charge in [-0.3, -0.25) is 50.0 Å². The summed E-state index contributed by atoms with van der Waals surface area (Å²) in [5.74, 6) is -0.906. The van der Waals surface area contributed by atoms with Crippen molar-refractivity contribution in [3.05, 3.63) is 183 Å². The summed E-state index contributed by atoms with van der Waals surface area (Å²) in [6.07, 6.45) is 5.38. The third-order valence-corrected chi connectivity index (χ3v) is 14.1. The molecule has 79 heavy (non-hydrogen) atoms. The van der Waals surface area contributed by atoms with Gasteiger partial charge in [0.25, 0.3) is 34.6 Å². The Morgan fingerprint density at radius 3 is 0.975 bits per heavy atom. The lowest BCUT2D eigenvalue weighted by atomic mass is 10.1. The Morgan fingerprint density at radius 2 is 0.722 bits per heavy atom. The zero-order valence-electron chi connectivity index (χ0n) is 43.1. The van der Waals surface area contributed by atoms with Crippen LogP contribution in [0.5, 0.6) is 46.0 Å². The van der Waals surface area contributed by atoms with E-state index in [1.165, 1.54) is 142 Å². The van der Waals surface area contributed by atoms with Gasteiger partial charge in [0, 0.05) is 48.5 Å². The van der Waals surface area contributed by atoms with Gasteiger partial charge in [-0.15, -0.1) is 0 Å². The number of rotatable bonds is 24. The lowest BCUT2D eigenvalue weighted by molar-refractivity contribution is -0.394. The number of nitro groups is 4. The van der Waals surface area contributed by atoms with Crippen LogP contribution in [0.2, 0.25) is 0 Å². The first kappa shape index (κ1) is 58.0. The molecule has 0 aliphatic carbocycles. The van der Waals surface area contributed by atoms with Crippen molar-refractivity contribution in [1.29, 1.82) is 0 Å². The quantitative estimate of drug-likeness (QED) is 0.0420. The van der Waals surface area contributed by atoms with E-state index in [1.54, 1.807) is 0 Å². The molecule has 0 saturated heterocycles. The normalized spacial score (nSPS) is 11.9. The minimum Gasteiger partial charge on any atom is -0.496 e. The van der Waals surface area contributed by atoms with Crippen LogP contribution >= 0.6 is 0 Å². The van der Waals surface area contributed by atoms with Crippen molar-refractivity contribution in [3.63, 3.8) is 0 Å². The van der Waals surface area contributed by atoms with Crippen molar-refractivity contribution in [2.24, 2.45) is 0 Å². The molecule has 0 heterocycles. The third kappa shape index (κ3) is 13.0. The van der Waals surface area contributed by atoms with E-state index in [4.69, 9.17) is 37.9 Å². The zero-order chi connectivity index (χ0) is 57.9. The third-order valence-electron chi connectivity index (χ3n) is 11.9. The van der Waals surface area contributed by atoms with Gasteiger partial charge in [0.05, 0.1) is 122 Å². The van der Waals surface area contributed by atoms with Crippen LogP contribution in [0, 0.1) is 40.5 Å². The Labute approximate surface area is 449 Å². The van der Waals surface area contributed by atoms with Crippen LogP contribution in [-0.2, 0) is 9.84 Å². The number of carbonyl (C=O) groups is 2. The molecule has 0 radical (unpaired) electrons. The van der Waals surface area contributed by atoms with E-state index >= 15 is 8.42 Å². The van der Waals surface area contributed by atoms with Crippen molar-refractivity contribution in [2.75, 3.05) is 67.5 Å². The number of hydrogen-bond donors (Lipinski definition) is 2. The summed E-state index contributed by atoms with van der Waals surface area (Å²) < 4.78 is 76.9. The maximum absolute atomic E-state index is 16.2. The number of non-ortho nitro benzene ring substituents is 4. The van der Waals surface area contributed by atoms with Crippen molar-refractivity contribution in [2.45, 2.75) is 10.5 Å². The smallest absolute Gasteiger partial charge is 0.277 e. The summed E-state index contributed by atoms with van der Waals surface area (Å²) in [7, 11) is 5.83. The summed E-state index contributed by atoms with van der Waals surface area (Å²) in [4.78, 5) is 71.1. The van der Waals surface area contributed by atoms with Gasteiger partial charge in [0.1, 0.15) is 56.5 Å². The molecule has 26 nitrogen and oxygen atoms in total. The van der Waals surface area contributed by atoms with Gasteiger partial charge >= 0.3 is 0 Å². The van der Waals surface area contributed by atoms with E-state index in [1.807, 2.05) is 0 Å². The average Bonchev–Trinajstić information content (AvgIpc) is 3.45. The molecule has 0 spiro atoms. The number of ether oxygens (including phenoxy) is 8. The molecule has 6 aromatic carbocycles. The standard InChI is InChI=1S/C52H48N6O20S/c1-71-37-25-45(75-5)39(46(26-37)76-6)11-15-49(29-9-13-43(73-3)41(21-29)53-51(59)31-17-33(55(61)62)23-34(18-31)56(63)64)79(69,70)50(16-12-40-47(77-7)27-38(72-2)28-48(40)78-8)30-10-14-44(74-4)42(22-30)54-52(60)32-19-35(57(65)66)24-36(20-32)58(67)68/h9-28,49-50H,1-8H3,(H,53,59)(H,54,60)/b15-11+,16-12+. The molecule has 6 rings (SSSR count). The highest BCUT2D eigenvalue weighted by molar-refractivity contribution is 7.92. The molecule has 2 N–H and O–H groups in total. The highest BCUT2D eigenvalue weighted by Gasteiger charge is 2.36. The molecule has 0 aliphatic heterocycles. The van der Waals surface area contributed by atoms with Crippen LogP contribution < -0.4 is 48.5 Å². The second-order valence-corrected chi connectivity index (χ2v) is 18.6.